The third-order valence-corrected chi connectivity index (χ3v) is 4.72. The SMILES string of the molecule is CCCCNC(=O)c1cc2cc(OC)c(OC)cc2c(Cc2cccc(F)c2)n1. The van der Waals surface area contributed by atoms with Crippen LogP contribution in [0.4, 0.5) is 4.39 Å². The first kappa shape index (κ1) is 20.6. The molecule has 1 heterocycles. The Morgan fingerprint density at radius 1 is 1.10 bits per heavy atom. The number of methoxy groups -OCH3 is 2. The van der Waals surface area contributed by atoms with E-state index in [1.54, 1.807) is 26.4 Å². The van der Waals surface area contributed by atoms with Crippen LogP contribution in [-0.2, 0) is 6.42 Å². The highest BCUT2D eigenvalue weighted by Crippen LogP contribution is 2.34. The number of ether oxygens (including phenoxy) is 2. The number of carbonyl (C=O) groups excluding carboxylic acids is 1. The van der Waals surface area contributed by atoms with Crippen LogP contribution in [0, 0.1) is 5.82 Å². The molecule has 0 saturated heterocycles. The molecule has 1 amide bonds. The highest BCUT2D eigenvalue weighted by atomic mass is 19.1. The number of unbranched alkanes of at least 4 members (excludes halogenated alkanes) is 1. The van der Waals surface area contributed by atoms with Gasteiger partial charge in [-0.25, -0.2) is 9.37 Å². The molecular formula is C23H25FN2O3. The molecule has 0 spiro atoms. The fourth-order valence-corrected chi connectivity index (χ4v) is 3.21. The van der Waals surface area contributed by atoms with Crippen LogP contribution < -0.4 is 14.8 Å². The Morgan fingerprint density at radius 2 is 1.86 bits per heavy atom. The lowest BCUT2D eigenvalue weighted by atomic mass is 10.0. The minimum Gasteiger partial charge on any atom is -0.493 e. The van der Waals surface area contributed by atoms with Gasteiger partial charge in [-0.2, -0.15) is 0 Å². The van der Waals surface area contributed by atoms with Gasteiger partial charge in [0.25, 0.3) is 5.91 Å². The largest absolute Gasteiger partial charge is 0.493 e. The van der Waals surface area contributed by atoms with E-state index in [2.05, 4.69) is 17.2 Å². The highest BCUT2D eigenvalue weighted by Gasteiger charge is 2.16. The maximum Gasteiger partial charge on any atom is 0.269 e. The number of hydrogen-bond acceptors (Lipinski definition) is 4. The molecule has 0 aliphatic heterocycles. The quantitative estimate of drug-likeness (QED) is 0.569. The summed E-state index contributed by atoms with van der Waals surface area (Å²) in [5.41, 5.74) is 1.78. The monoisotopic (exact) mass is 396 g/mol. The third kappa shape index (κ3) is 4.83. The molecule has 0 fully saturated rings. The van der Waals surface area contributed by atoms with Crippen molar-refractivity contribution >= 4 is 16.7 Å². The fraction of sp³-hybridized carbons (Fsp3) is 0.304. The number of fused-ring (bicyclic) bond motifs is 1. The Kier molecular flexibility index (Phi) is 6.65. The van der Waals surface area contributed by atoms with E-state index >= 15 is 0 Å². The van der Waals surface area contributed by atoms with Gasteiger partial charge < -0.3 is 14.8 Å². The Hall–Kier alpha value is -3.15. The van der Waals surface area contributed by atoms with Gasteiger partial charge >= 0.3 is 0 Å². The number of aromatic nitrogens is 1. The molecule has 1 N–H and O–H groups in total. The van der Waals surface area contributed by atoms with Gasteiger partial charge in [0.2, 0.25) is 0 Å². The molecule has 0 aliphatic rings. The lowest BCUT2D eigenvalue weighted by Gasteiger charge is -2.14. The Balaban J connectivity index is 2.09. The summed E-state index contributed by atoms with van der Waals surface area (Å²) in [5, 5.41) is 4.54. The number of nitrogens with zero attached hydrogens (tertiary/aromatic N) is 1. The number of halogens is 1. The molecule has 0 unspecified atom stereocenters. The average Bonchev–Trinajstić information content (AvgIpc) is 2.72. The van der Waals surface area contributed by atoms with Crippen LogP contribution in [0.25, 0.3) is 10.8 Å². The summed E-state index contributed by atoms with van der Waals surface area (Å²) in [6.45, 7) is 2.66. The third-order valence-electron chi connectivity index (χ3n) is 4.72. The number of benzene rings is 2. The molecule has 3 rings (SSSR count). The highest BCUT2D eigenvalue weighted by molar-refractivity contribution is 5.98. The van der Waals surface area contributed by atoms with E-state index in [4.69, 9.17) is 9.47 Å². The first-order valence-corrected chi connectivity index (χ1v) is 9.64. The van der Waals surface area contributed by atoms with Crippen molar-refractivity contribution in [3.05, 3.63) is 65.2 Å². The van der Waals surface area contributed by atoms with E-state index in [1.807, 2.05) is 18.2 Å². The maximum absolute atomic E-state index is 13.7. The van der Waals surface area contributed by atoms with Crippen molar-refractivity contribution in [1.82, 2.24) is 10.3 Å². The number of rotatable bonds is 8. The second-order valence-corrected chi connectivity index (χ2v) is 6.80. The van der Waals surface area contributed by atoms with Crippen molar-refractivity contribution in [1.29, 1.82) is 0 Å². The summed E-state index contributed by atoms with van der Waals surface area (Å²) < 4.78 is 24.5. The second-order valence-electron chi connectivity index (χ2n) is 6.80. The normalized spacial score (nSPS) is 10.8. The van der Waals surface area contributed by atoms with Crippen molar-refractivity contribution in [2.45, 2.75) is 26.2 Å². The van der Waals surface area contributed by atoms with E-state index < -0.39 is 0 Å². The lowest BCUT2D eigenvalue weighted by molar-refractivity contribution is 0.0948. The molecule has 2 aromatic carbocycles. The first-order valence-electron chi connectivity index (χ1n) is 9.64. The number of pyridine rings is 1. The molecule has 0 atom stereocenters. The number of nitrogens with one attached hydrogen (secondary N) is 1. The Bertz CT molecular complexity index is 1020. The molecule has 29 heavy (non-hydrogen) atoms. The van der Waals surface area contributed by atoms with Crippen LogP contribution in [0.1, 0.15) is 41.5 Å². The molecule has 6 heteroatoms. The second kappa shape index (κ2) is 9.37. The summed E-state index contributed by atoms with van der Waals surface area (Å²) in [6, 6.07) is 11.8. The fourth-order valence-electron chi connectivity index (χ4n) is 3.21. The van der Waals surface area contributed by atoms with Crippen LogP contribution in [0.15, 0.2) is 42.5 Å². The van der Waals surface area contributed by atoms with Gasteiger partial charge in [-0.05, 0) is 47.7 Å². The molecule has 5 nitrogen and oxygen atoms in total. The molecule has 3 aromatic rings. The van der Waals surface area contributed by atoms with E-state index in [0.29, 0.717) is 35.9 Å². The van der Waals surface area contributed by atoms with Gasteiger partial charge in [0.15, 0.2) is 11.5 Å². The van der Waals surface area contributed by atoms with Crippen molar-refractivity contribution in [2.75, 3.05) is 20.8 Å². The summed E-state index contributed by atoms with van der Waals surface area (Å²) in [6.07, 6.45) is 2.29. The summed E-state index contributed by atoms with van der Waals surface area (Å²) >= 11 is 0. The van der Waals surface area contributed by atoms with E-state index in [0.717, 1.165) is 29.2 Å². The Morgan fingerprint density at radius 3 is 2.55 bits per heavy atom. The average molecular weight is 396 g/mol. The zero-order valence-corrected chi connectivity index (χ0v) is 16.9. The molecular weight excluding hydrogens is 371 g/mol. The molecule has 1 aromatic heterocycles. The predicted octanol–water partition coefficient (Wildman–Crippen LogP) is 4.51. The van der Waals surface area contributed by atoms with Crippen LogP contribution in [-0.4, -0.2) is 31.7 Å². The number of carbonyl (C=O) groups is 1. The zero-order valence-electron chi connectivity index (χ0n) is 16.9. The minimum absolute atomic E-state index is 0.226. The molecule has 0 radical (unpaired) electrons. The van der Waals surface area contributed by atoms with Crippen molar-refractivity contribution in [3.8, 4) is 11.5 Å². The lowest BCUT2D eigenvalue weighted by Crippen LogP contribution is -2.25. The van der Waals surface area contributed by atoms with Crippen molar-refractivity contribution in [3.63, 3.8) is 0 Å². The summed E-state index contributed by atoms with van der Waals surface area (Å²) in [4.78, 5) is 17.2. The standard InChI is InChI=1S/C23H25FN2O3/c1-4-5-9-25-23(27)20-12-16-13-21(28-2)22(29-3)14-18(16)19(26-20)11-15-7-6-8-17(24)10-15/h6-8,10,12-14H,4-5,9,11H2,1-3H3,(H,25,27). The molecule has 0 aliphatic carbocycles. The van der Waals surface area contributed by atoms with Gasteiger partial charge in [-0.15, -0.1) is 0 Å². The van der Waals surface area contributed by atoms with Crippen LogP contribution in [0.3, 0.4) is 0 Å². The minimum atomic E-state index is -0.306. The summed E-state index contributed by atoms with van der Waals surface area (Å²) in [5.74, 6) is 0.609. The van der Waals surface area contributed by atoms with Gasteiger partial charge in [0.1, 0.15) is 11.5 Å². The van der Waals surface area contributed by atoms with Crippen LogP contribution >= 0.6 is 0 Å². The number of amides is 1. The number of hydrogen-bond donors (Lipinski definition) is 1. The van der Waals surface area contributed by atoms with Crippen LogP contribution in [0.5, 0.6) is 11.5 Å². The Labute approximate surface area is 169 Å². The van der Waals surface area contributed by atoms with Crippen molar-refractivity contribution in [2.24, 2.45) is 0 Å². The first-order chi connectivity index (χ1) is 14.0. The van der Waals surface area contributed by atoms with Crippen LogP contribution in [0.2, 0.25) is 0 Å². The van der Waals surface area contributed by atoms with Gasteiger partial charge in [0.05, 0.1) is 19.9 Å². The van der Waals surface area contributed by atoms with Gasteiger partial charge in [0, 0.05) is 18.4 Å². The smallest absolute Gasteiger partial charge is 0.269 e. The van der Waals surface area contributed by atoms with E-state index in [1.165, 1.54) is 12.1 Å². The molecule has 0 bridgehead atoms. The molecule has 152 valence electrons. The maximum atomic E-state index is 13.7. The molecule has 0 saturated carbocycles. The van der Waals surface area contributed by atoms with E-state index in [9.17, 15) is 9.18 Å². The van der Waals surface area contributed by atoms with Gasteiger partial charge in [-0.3, -0.25) is 4.79 Å². The topological polar surface area (TPSA) is 60.5 Å². The zero-order chi connectivity index (χ0) is 20.8. The summed E-state index contributed by atoms with van der Waals surface area (Å²) in [7, 11) is 3.13. The predicted molar refractivity (Wildman–Crippen MR) is 111 cm³/mol. The van der Waals surface area contributed by atoms with Crippen molar-refractivity contribution < 1.29 is 18.7 Å². The van der Waals surface area contributed by atoms with E-state index in [-0.39, 0.29) is 11.7 Å². The van der Waals surface area contributed by atoms with Gasteiger partial charge in [-0.1, -0.05) is 25.5 Å².